The number of amides is 2. The van der Waals surface area contributed by atoms with Crippen molar-refractivity contribution in [3.63, 3.8) is 0 Å². The molecule has 2 amide bonds. The van der Waals surface area contributed by atoms with Crippen molar-refractivity contribution in [3.8, 4) is 0 Å². The molecular formula is C15H17F3N2O2. The smallest absolute Gasteiger partial charge is 0.339 e. The summed E-state index contributed by atoms with van der Waals surface area (Å²) >= 11 is 0. The van der Waals surface area contributed by atoms with Crippen LogP contribution in [0, 0.1) is 0 Å². The number of carbonyl (C=O) groups excluding carboxylic acids is 2. The summed E-state index contributed by atoms with van der Waals surface area (Å²) in [5, 5.41) is 0. The Morgan fingerprint density at radius 1 is 0.955 bits per heavy atom. The predicted molar refractivity (Wildman–Crippen MR) is 74.0 cm³/mol. The number of hydrogen-bond acceptors (Lipinski definition) is 2. The quantitative estimate of drug-likeness (QED) is 0.854. The zero-order valence-corrected chi connectivity index (χ0v) is 12.0. The van der Waals surface area contributed by atoms with Gasteiger partial charge in [0.05, 0.1) is 0 Å². The first-order valence-electron chi connectivity index (χ1n) is 7.06. The molecule has 120 valence electrons. The van der Waals surface area contributed by atoms with E-state index >= 15 is 0 Å². The van der Waals surface area contributed by atoms with E-state index in [1.165, 1.54) is 4.90 Å². The molecule has 0 atom stereocenters. The van der Waals surface area contributed by atoms with Crippen LogP contribution < -0.4 is 0 Å². The minimum Gasteiger partial charge on any atom is -0.339 e. The van der Waals surface area contributed by atoms with Crippen molar-refractivity contribution >= 4 is 11.8 Å². The van der Waals surface area contributed by atoms with E-state index < -0.39 is 12.1 Å². The van der Waals surface area contributed by atoms with Gasteiger partial charge in [-0.05, 0) is 12.0 Å². The second kappa shape index (κ2) is 6.81. The van der Waals surface area contributed by atoms with Crippen molar-refractivity contribution in [2.24, 2.45) is 0 Å². The van der Waals surface area contributed by atoms with Crippen molar-refractivity contribution in [2.75, 3.05) is 26.2 Å². The summed E-state index contributed by atoms with van der Waals surface area (Å²) in [6.45, 7) is 0.149. The van der Waals surface area contributed by atoms with Gasteiger partial charge < -0.3 is 9.80 Å². The molecule has 22 heavy (non-hydrogen) atoms. The highest BCUT2D eigenvalue weighted by molar-refractivity contribution is 5.82. The predicted octanol–water partition coefficient (Wildman–Crippen LogP) is 1.85. The number of alkyl halides is 3. The first kappa shape index (κ1) is 16.3. The second-order valence-electron chi connectivity index (χ2n) is 5.16. The number of halogens is 3. The average molecular weight is 314 g/mol. The number of nitrogens with zero attached hydrogens (tertiary/aromatic N) is 2. The van der Waals surface area contributed by atoms with Crippen LogP contribution in [-0.2, 0) is 16.0 Å². The maximum absolute atomic E-state index is 12.3. The maximum atomic E-state index is 12.3. The van der Waals surface area contributed by atoms with E-state index in [1.54, 1.807) is 0 Å². The van der Waals surface area contributed by atoms with E-state index in [0.717, 1.165) is 10.5 Å². The van der Waals surface area contributed by atoms with Crippen molar-refractivity contribution in [2.45, 2.75) is 19.0 Å². The molecule has 1 saturated heterocycles. The van der Waals surface area contributed by atoms with E-state index in [0.29, 0.717) is 12.8 Å². The summed E-state index contributed by atoms with van der Waals surface area (Å²) in [4.78, 5) is 25.4. The van der Waals surface area contributed by atoms with Crippen molar-refractivity contribution in [3.05, 3.63) is 35.9 Å². The third-order valence-electron chi connectivity index (χ3n) is 3.63. The van der Waals surface area contributed by atoms with Crippen molar-refractivity contribution in [1.29, 1.82) is 0 Å². The lowest BCUT2D eigenvalue weighted by atomic mass is 10.1. The lowest BCUT2D eigenvalue weighted by molar-refractivity contribution is -0.187. The maximum Gasteiger partial charge on any atom is 0.471 e. The van der Waals surface area contributed by atoms with Gasteiger partial charge in [0.1, 0.15) is 0 Å². The molecule has 0 spiro atoms. The van der Waals surface area contributed by atoms with Crippen LogP contribution in [-0.4, -0.2) is 54.0 Å². The van der Waals surface area contributed by atoms with Crippen LogP contribution in [0.2, 0.25) is 0 Å². The Morgan fingerprint density at radius 2 is 1.50 bits per heavy atom. The SMILES string of the molecule is O=C(CCc1ccccc1)N1CCN(C(=O)C(F)(F)F)CC1. The monoisotopic (exact) mass is 314 g/mol. The lowest BCUT2D eigenvalue weighted by Crippen LogP contribution is -2.53. The van der Waals surface area contributed by atoms with Crippen LogP contribution in [0.5, 0.6) is 0 Å². The van der Waals surface area contributed by atoms with Crippen molar-refractivity contribution < 1.29 is 22.8 Å². The Hall–Kier alpha value is -2.05. The Bertz CT molecular complexity index is 523. The number of benzene rings is 1. The molecule has 1 aliphatic rings. The van der Waals surface area contributed by atoms with Gasteiger partial charge in [-0.3, -0.25) is 9.59 Å². The van der Waals surface area contributed by atoms with E-state index in [-0.39, 0.29) is 32.1 Å². The van der Waals surface area contributed by atoms with Crippen LogP contribution in [0.1, 0.15) is 12.0 Å². The summed E-state index contributed by atoms with van der Waals surface area (Å²) < 4.78 is 37.0. The Morgan fingerprint density at radius 3 is 2.05 bits per heavy atom. The van der Waals surface area contributed by atoms with E-state index in [2.05, 4.69) is 0 Å². The first-order chi connectivity index (χ1) is 10.4. The molecule has 4 nitrogen and oxygen atoms in total. The number of hydrogen-bond donors (Lipinski definition) is 0. The van der Waals surface area contributed by atoms with Crippen LogP contribution in [0.4, 0.5) is 13.2 Å². The Balaban J connectivity index is 1.79. The van der Waals surface area contributed by atoms with Gasteiger partial charge in [-0.2, -0.15) is 13.2 Å². The van der Waals surface area contributed by atoms with E-state index in [1.807, 2.05) is 30.3 Å². The molecule has 0 aliphatic carbocycles. The molecule has 0 saturated carbocycles. The number of aryl methyl sites for hydroxylation is 1. The fourth-order valence-electron chi connectivity index (χ4n) is 2.39. The standard InChI is InChI=1S/C15H17F3N2O2/c16-15(17,18)14(22)20-10-8-19(9-11-20)13(21)7-6-12-4-2-1-3-5-12/h1-5H,6-11H2. The highest BCUT2D eigenvalue weighted by Gasteiger charge is 2.43. The molecule has 0 bridgehead atoms. The molecule has 0 radical (unpaired) electrons. The van der Waals surface area contributed by atoms with Crippen LogP contribution in [0.3, 0.4) is 0 Å². The first-order valence-corrected chi connectivity index (χ1v) is 7.06. The molecule has 0 N–H and O–H groups in total. The number of piperazine rings is 1. The van der Waals surface area contributed by atoms with Gasteiger partial charge in [0.25, 0.3) is 0 Å². The van der Waals surface area contributed by atoms with Gasteiger partial charge in [0, 0.05) is 32.6 Å². The van der Waals surface area contributed by atoms with Crippen LogP contribution >= 0.6 is 0 Å². The van der Waals surface area contributed by atoms with Gasteiger partial charge in [0.2, 0.25) is 5.91 Å². The third-order valence-corrected chi connectivity index (χ3v) is 3.63. The molecule has 0 unspecified atom stereocenters. The lowest BCUT2D eigenvalue weighted by Gasteiger charge is -2.35. The number of carbonyl (C=O) groups is 2. The summed E-state index contributed by atoms with van der Waals surface area (Å²) in [7, 11) is 0. The van der Waals surface area contributed by atoms with Gasteiger partial charge in [-0.25, -0.2) is 0 Å². The minimum atomic E-state index is -4.85. The topological polar surface area (TPSA) is 40.6 Å². The zero-order valence-electron chi connectivity index (χ0n) is 12.0. The summed E-state index contributed by atoms with van der Waals surface area (Å²) in [6, 6.07) is 9.52. The van der Waals surface area contributed by atoms with E-state index in [4.69, 9.17) is 0 Å². The summed E-state index contributed by atoms with van der Waals surface area (Å²) in [6.07, 6.45) is -3.93. The van der Waals surface area contributed by atoms with Crippen LogP contribution in [0.15, 0.2) is 30.3 Å². The fraction of sp³-hybridized carbons (Fsp3) is 0.467. The summed E-state index contributed by atoms with van der Waals surface area (Å²) in [5.41, 5.74) is 1.04. The Labute approximate surface area is 126 Å². The zero-order chi connectivity index (χ0) is 16.2. The van der Waals surface area contributed by atoms with Gasteiger partial charge in [-0.15, -0.1) is 0 Å². The molecule has 1 aliphatic heterocycles. The molecular weight excluding hydrogens is 297 g/mol. The third kappa shape index (κ3) is 4.22. The van der Waals surface area contributed by atoms with Gasteiger partial charge >= 0.3 is 12.1 Å². The molecule has 1 fully saturated rings. The fourth-order valence-corrected chi connectivity index (χ4v) is 2.39. The van der Waals surface area contributed by atoms with E-state index in [9.17, 15) is 22.8 Å². The van der Waals surface area contributed by atoms with Gasteiger partial charge in [-0.1, -0.05) is 30.3 Å². The normalized spacial score (nSPS) is 15.8. The molecule has 2 rings (SSSR count). The highest BCUT2D eigenvalue weighted by Crippen LogP contribution is 2.19. The second-order valence-corrected chi connectivity index (χ2v) is 5.16. The highest BCUT2D eigenvalue weighted by atomic mass is 19.4. The molecule has 1 aromatic carbocycles. The minimum absolute atomic E-state index is 0.0740. The number of rotatable bonds is 3. The summed E-state index contributed by atoms with van der Waals surface area (Å²) in [5.74, 6) is -1.92. The molecule has 1 heterocycles. The Kier molecular flexibility index (Phi) is 5.05. The molecule has 0 aromatic heterocycles. The largest absolute Gasteiger partial charge is 0.471 e. The molecule has 1 aromatic rings. The van der Waals surface area contributed by atoms with Crippen molar-refractivity contribution in [1.82, 2.24) is 9.80 Å². The average Bonchev–Trinajstić information content (AvgIpc) is 2.52. The van der Waals surface area contributed by atoms with Crippen LogP contribution in [0.25, 0.3) is 0 Å². The van der Waals surface area contributed by atoms with Gasteiger partial charge in [0.15, 0.2) is 0 Å². The molecule has 7 heteroatoms.